The van der Waals surface area contributed by atoms with E-state index < -0.39 is 20.9 Å². The highest BCUT2D eigenvalue weighted by atomic mass is 32.2. The first-order valence-electron chi connectivity index (χ1n) is 4.99. The minimum Gasteiger partial charge on any atom is -0.241 e. The van der Waals surface area contributed by atoms with E-state index in [2.05, 4.69) is 4.98 Å². The third kappa shape index (κ3) is 2.38. The van der Waals surface area contributed by atoms with Crippen molar-refractivity contribution in [1.82, 2.24) is 9.29 Å². The minimum absolute atomic E-state index is 0.189. The van der Waals surface area contributed by atoms with Crippen LogP contribution in [0.2, 0.25) is 0 Å². The predicted octanol–water partition coefficient (Wildman–Crippen LogP) is 1.64. The molecule has 0 aromatic carbocycles. The first kappa shape index (κ1) is 13.1. The van der Waals surface area contributed by atoms with Crippen LogP contribution in [0.25, 0.3) is 0 Å². The molecule has 0 saturated heterocycles. The van der Waals surface area contributed by atoms with E-state index in [1.165, 1.54) is 19.3 Å². The number of pyridine rings is 1. The molecule has 0 radical (unpaired) electrons. The first-order chi connectivity index (χ1) is 7.41. The quantitative estimate of drug-likeness (QED) is 0.811. The molecule has 0 N–H and O–H groups in total. The maximum Gasteiger partial charge on any atom is 0.263 e. The number of sulfonamides is 1. The Morgan fingerprint density at radius 1 is 1.56 bits per heavy atom. The third-order valence-electron chi connectivity index (χ3n) is 2.56. The van der Waals surface area contributed by atoms with Crippen molar-refractivity contribution in [2.45, 2.75) is 31.3 Å². The van der Waals surface area contributed by atoms with Crippen LogP contribution in [0, 0.1) is 5.82 Å². The van der Waals surface area contributed by atoms with Crippen LogP contribution in [-0.4, -0.2) is 30.8 Å². The average molecular weight is 246 g/mol. The molecule has 1 heterocycles. The van der Waals surface area contributed by atoms with E-state index in [-0.39, 0.29) is 6.04 Å². The number of hydrogen-bond acceptors (Lipinski definition) is 3. The highest BCUT2D eigenvalue weighted by Gasteiger charge is 2.28. The van der Waals surface area contributed by atoms with Gasteiger partial charge < -0.3 is 0 Å². The summed E-state index contributed by atoms with van der Waals surface area (Å²) in [5, 5.41) is -0.516. The summed E-state index contributed by atoms with van der Waals surface area (Å²) in [5.41, 5.74) is 0. The summed E-state index contributed by atoms with van der Waals surface area (Å²) in [6.45, 7) is 3.63. The second-order valence-electron chi connectivity index (χ2n) is 3.57. The lowest BCUT2D eigenvalue weighted by molar-refractivity contribution is 0.376. The van der Waals surface area contributed by atoms with E-state index in [1.54, 1.807) is 6.92 Å². The van der Waals surface area contributed by atoms with Gasteiger partial charge in [0, 0.05) is 19.3 Å². The van der Waals surface area contributed by atoms with Gasteiger partial charge in [0.25, 0.3) is 10.0 Å². The summed E-state index contributed by atoms with van der Waals surface area (Å²) in [4.78, 5) is 3.58. The van der Waals surface area contributed by atoms with E-state index >= 15 is 0 Å². The molecule has 0 saturated carbocycles. The Hall–Kier alpha value is -1.01. The molecule has 1 rings (SSSR count). The molecule has 0 amide bonds. The van der Waals surface area contributed by atoms with Gasteiger partial charge in [-0.05, 0) is 25.5 Å². The molecule has 1 atom stereocenters. The lowest BCUT2D eigenvalue weighted by atomic mass is 10.3. The highest BCUT2D eigenvalue weighted by molar-refractivity contribution is 7.89. The summed E-state index contributed by atoms with van der Waals surface area (Å²) in [6, 6.07) is 2.26. The van der Waals surface area contributed by atoms with Crippen molar-refractivity contribution in [1.29, 1.82) is 0 Å². The van der Waals surface area contributed by atoms with E-state index in [9.17, 15) is 12.8 Å². The van der Waals surface area contributed by atoms with Gasteiger partial charge in [0.15, 0.2) is 5.82 Å². The molecule has 1 aromatic heterocycles. The number of rotatable bonds is 4. The lowest BCUT2D eigenvalue weighted by Crippen LogP contribution is -2.35. The van der Waals surface area contributed by atoms with Gasteiger partial charge in [-0.2, -0.15) is 4.31 Å². The van der Waals surface area contributed by atoms with Crippen molar-refractivity contribution >= 4 is 10.0 Å². The smallest absolute Gasteiger partial charge is 0.241 e. The standard InChI is InChI=1S/C10H15FN2O2S/c1-4-8(2)13(3)16(14,15)10-9(11)6-5-7-12-10/h5-8H,4H2,1-3H3. The molecular weight excluding hydrogens is 231 g/mol. The van der Waals surface area contributed by atoms with Gasteiger partial charge in [0.2, 0.25) is 5.03 Å². The third-order valence-corrected chi connectivity index (χ3v) is 4.47. The van der Waals surface area contributed by atoms with Crippen molar-refractivity contribution in [2.75, 3.05) is 7.05 Å². The Morgan fingerprint density at radius 3 is 2.69 bits per heavy atom. The van der Waals surface area contributed by atoms with Gasteiger partial charge >= 0.3 is 0 Å². The van der Waals surface area contributed by atoms with Crippen LogP contribution >= 0.6 is 0 Å². The first-order valence-corrected chi connectivity index (χ1v) is 6.43. The molecule has 0 bridgehead atoms. The number of hydrogen-bond donors (Lipinski definition) is 0. The number of aromatic nitrogens is 1. The van der Waals surface area contributed by atoms with Crippen molar-refractivity contribution in [2.24, 2.45) is 0 Å². The summed E-state index contributed by atoms with van der Waals surface area (Å²) >= 11 is 0. The molecule has 90 valence electrons. The van der Waals surface area contributed by atoms with Gasteiger partial charge in [0.05, 0.1) is 0 Å². The normalized spacial score (nSPS) is 14.1. The zero-order chi connectivity index (χ0) is 12.3. The molecule has 6 heteroatoms. The molecule has 0 spiro atoms. The molecule has 0 aliphatic heterocycles. The Bertz CT molecular complexity index is 462. The fourth-order valence-corrected chi connectivity index (χ4v) is 2.60. The zero-order valence-corrected chi connectivity index (χ0v) is 10.3. The van der Waals surface area contributed by atoms with Crippen molar-refractivity contribution in [3.8, 4) is 0 Å². The Labute approximate surface area is 95.2 Å². The van der Waals surface area contributed by atoms with Crippen LogP contribution in [0.4, 0.5) is 4.39 Å². The second kappa shape index (κ2) is 4.88. The topological polar surface area (TPSA) is 50.3 Å². The Morgan fingerprint density at radius 2 is 2.19 bits per heavy atom. The Balaban J connectivity index is 3.17. The van der Waals surface area contributed by atoms with Crippen LogP contribution < -0.4 is 0 Å². The molecule has 1 unspecified atom stereocenters. The summed E-state index contributed by atoms with van der Waals surface area (Å²) < 4.78 is 38.4. The van der Waals surface area contributed by atoms with Gasteiger partial charge in [0.1, 0.15) is 0 Å². The maximum atomic E-state index is 13.3. The molecule has 16 heavy (non-hydrogen) atoms. The maximum absolute atomic E-state index is 13.3. The summed E-state index contributed by atoms with van der Waals surface area (Å²) in [7, 11) is -2.41. The molecule has 4 nitrogen and oxygen atoms in total. The molecular formula is C10H15FN2O2S. The minimum atomic E-state index is -3.83. The van der Waals surface area contributed by atoms with E-state index in [1.807, 2.05) is 6.92 Å². The summed E-state index contributed by atoms with van der Waals surface area (Å²) in [5.74, 6) is -0.822. The fraction of sp³-hybridized carbons (Fsp3) is 0.500. The van der Waals surface area contributed by atoms with Crippen LogP contribution in [0.5, 0.6) is 0 Å². The van der Waals surface area contributed by atoms with Crippen LogP contribution in [0.3, 0.4) is 0 Å². The average Bonchev–Trinajstić information content (AvgIpc) is 2.27. The number of halogens is 1. The van der Waals surface area contributed by atoms with Crippen LogP contribution in [-0.2, 0) is 10.0 Å². The Kier molecular flexibility index (Phi) is 3.98. The second-order valence-corrected chi connectivity index (χ2v) is 5.48. The van der Waals surface area contributed by atoms with E-state index in [4.69, 9.17) is 0 Å². The molecule has 0 fully saturated rings. The van der Waals surface area contributed by atoms with Crippen LogP contribution in [0.1, 0.15) is 20.3 Å². The molecule has 1 aromatic rings. The highest BCUT2D eigenvalue weighted by Crippen LogP contribution is 2.17. The van der Waals surface area contributed by atoms with Gasteiger partial charge in [-0.15, -0.1) is 0 Å². The van der Waals surface area contributed by atoms with Gasteiger partial charge in [-0.1, -0.05) is 6.92 Å². The number of nitrogens with zero attached hydrogens (tertiary/aromatic N) is 2. The fourth-order valence-electron chi connectivity index (χ4n) is 1.19. The summed E-state index contributed by atoms with van der Waals surface area (Å²) in [6.07, 6.45) is 1.92. The van der Waals surface area contributed by atoms with Crippen LogP contribution in [0.15, 0.2) is 23.4 Å². The molecule has 0 aliphatic carbocycles. The zero-order valence-electron chi connectivity index (χ0n) is 9.51. The largest absolute Gasteiger partial charge is 0.263 e. The SMILES string of the molecule is CCC(C)N(C)S(=O)(=O)c1ncccc1F. The predicted molar refractivity (Wildman–Crippen MR) is 58.9 cm³/mol. The van der Waals surface area contributed by atoms with Crippen molar-refractivity contribution < 1.29 is 12.8 Å². The molecule has 0 aliphatic rings. The van der Waals surface area contributed by atoms with E-state index in [0.717, 1.165) is 10.4 Å². The van der Waals surface area contributed by atoms with Crippen molar-refractivity contribution in [3.05, 3.63) is 24.1 Å². The van der Waals surface area contributed by atoms with E-state index in [0.29, 0.717) is 6.42 Å². The van der Waals surface area contributed by atoms with Gasteiger partial charge in [-0.25, -0.2) is 17.8 Å². The van der Waals surface area contributed by atoms with Crippen molar-refractivity contribution in [3.63, 3.8) is 0 Å². The lowest BCUT2D eigenvalue weighted by Gasteiger charge is -2.22. The monoisotopic (exact) mass is 246 g/mol. The van der Waals surface area contributed by atoms with Gasteiger partial charge in [-0.3, -0.25) is 0 Å².